The van der Waals surface area contributed by atoms with E-state index >= 15 is 0 Å². The average molecular weight is 313 g/mol. The Bertz CT molecular complexity index is 590. The van der Waals surface area contributed by atoms with Crippen molar-refractivity contribution in [3.63, 3.8) is 0 Å². The van der Waals surface area contributed by atoms with Gasteiger partial charge in [0.25, 0.3) is 0 Å². The molecule has 1 saturated heterocycles. The number of aromatic nitrogens is 1. The van der Waals surface area contributed by atoms with E-state index in [1.54, 1.807) is 13.8 Å². The topological polar surface area (TPSA) is 54.0 Å². The summed E-state index contributed by atoms with van der Waals surface area (Å²) in [4.78, 5) is 16.2. The Kier molecular flexibility index (Phi) is 3.43. The van der Waals surface area contributed by atoms with Crippen molar-refractivity contribution >= 4 is 5.91 Å². The molecule has 2 fully saturated rings. The summed E-state index contributed by atoms with van der Waals surface area (Å²) in [6.45, 7) is 4.72. The van der Waals surface area contributed by atoms with Crippen LogP contribution in [0.15, 0.2) is 18.3 Å². The second-order valence-corrected chi connectivity index (χ2v) is 6.52. The Morgan fingerprint density at radius 1 is 1.32 bits per heavy atom. The highest BCUT2D eigenvalue weighted by atomic mass is 19.4. The predicted molar refractivity (Wildman–Crippen MR) is 73.7 cm³/mol. The fourth-order valence-electron chi connectivity index (χ4n) is 3.39. The van der Waals surface area contributed by atoms with Gasteiger partial charge >= 0.3 is 6.18 Å². The highest BCUT2D eigenvalue weighted by Crippen LogP contribution is 2.49. The van der Waals surface area contributed by atoms with Crippen LogP contribution in [0.2, 0.25) is 0 Å². The molecule has 1 aromatic rings. The van der Waals surface area contributed by atoms with Crippen LogP contribution in [0.3, 0.4) is 0 Å². The maximum Gasteiger partial charge on any atom is 0.418 e. The van der Waals surface area contributed by atoms with Gasteiger partial charge in [-0.15, -0.1) is 0 Å². The first-order chi connectivity index (χ1) is 10.2. The number of fused-ring (bicyclic) bond motifs is 1. The van der Waals surface area contributed by atoms with E-state index < -0.39 is 17.3 Å². The molecule has 0 radical (unpaired) electrons. The second kappa shape index (κ2) is 4.94. The number of amides is 1. The van der Waals surface area contributed by atoms with E-state index in [1.807, 2.05) is 0 Å². The number of piperidine rings is 1. The Morgan fingerprint density at radius 2 is 1.95 bits per heavy atom. The number of pyridine rings is 1. The molecule has 1 aromatic heterocycles. The van der Waals surface area contributed by atoms with Gasteiger partial charge in [0, 0.05) is 12.1 Å². The lowest BCUT2D eigenvalue weighted by molar-refractivity contribution is -0.139. The number of hydrogen-bond acceptors (Lipinski definition) is 3. The molecule has 120 valence electrons. The number of halogens is 3. The van der Waals surface area contributed by atoms with Crippen LogP contribution in [0, 0.1) is 17.8 Å². The number of alkyl halides is 3. The van der Waals surface area contributed by atoms with Crippen LogP contribution in [0.4, 0.5) is 13.2 Å². The van der Waals surface area contributed by atoms with Crippen LogP contribution in [-0.2, 0) is 16.5 Å². The molecule has 0 aromatic carbocycles. The molecule has 3 rings (SSSR count). The van der Waals surface area contributed by atoms with Crippen molar-refractivity contribution in [3.8, 4) is 0 Å². The van der Waals surface area contributed by atoms with Crippen molar-refractivity contribution in [1.29, 1.82) is 0 Å². The van der Waals surface area contributed by atoms with Crippen LogP contribution >= 0.6 is 0 Å². The third kappa shape index (κ3) is 2.58. The summed E-state index contributed by atoms with van der Waals surface area (Å²) < 4.78 is 39.3. The van der Waals surface area contributed by atoms with Crippen molar-refractivity contribution in [2.75, 3.05) is 13.1 Å². The van der Waals surface area contributed by atoms with Gasteiger partial charge in [-0.1, -0.05) is 0 Å². The van der Waals surface area contributed by atoms with Crippen molar-refractivity contribution in [1.82, 2.24) is 15.6 Å². The summed E-state index contributed by atoms with van der Waals surface area (Å²) in [5.74, 6) is 0.377. The SMILES string of the molecule is CC(C)(NC(=O)C1[C@H]2CNC[C@@H]12)c1ncccc1C(F)(F)F. The quantitative estimate of drug-likeness (QED) is 0.896. The number of hydrogen-bond donors (Lipinski definition) is 2. The molecule has 1 saturated carbocycles. The van der Waals surface area contributed by atoms with E-state index in [4.69, 9.17) is 0 Å². The normalized spacial score (nSPS) is 27.4. The maximum atomic E-state index is 13.1. The Balaban J connectivity index is 1.80. The molecule has 0 spiro atoms. The van der Waals surface area contributed by atoms with Gasteiger partial charge in [0.2, 0.25) is 5.91 Å². The van der Waals surface area contributed by atoms with Crippen LogP contribution in [0.5, 0.6) is 0 Å². The van der Waals surface area contributed by atoms with Crippen molar-refractivity contribution in [2.45, 2.75) is 25.6 Å². The number of nitrogens with one attached hydrogen (secondary N) is 2. The first kappa shape index (κ1) is 15.3. The third-order valence-electron chi connectivity index (χ3n) is 4.54. The maximum absolute atomic E-state index is 13.1. The zero-order chi connectivity index (χ0) is 16.1. The van der Waals surface area contributed by atoms with Gasteiger partial charge in [0.1, 0.15) is 0 Å². The number of nitrogens with zero attached hydrogens (tertiary/aromatic N) is 1. The van der Waals surface area contributed by atoms with E-state index in [0.717, 1.165) is 19.2 Å². The molecule has 22 heavy (non-hydrogen) atoms. The van der Waals surface area contributed by atoms with Crippen molar-refractivity contribution in [2.24, 2.45) is 17.8 Å². The molecule has 2 aliphatic rings. The summed E-state index contributed by atoms with van der Waals surface area (Å²) >= 11 is 0. The van der Waals surface area contributed by atoms with Gasteiger partial charge < -0.3 is 10.6 Å². The number of carbonyl (C=O) groups is 1. The summed E-state index contributed by atoms with van der Waals surface area (Å²) in [7, 11) is 0. The van der Waals surface area contributed by atoms with E-state index in [9.17, 15) is 18.0 Å². The molecule has 1 aliphatic carbocycles. The lowest BCUT2D eigenvalue weighted by Crippen LogP contribution is -2.44. The summed E-state index contributed by atoms with van der Waals surface area (Å²) in [6.07, 6.45) is -3.18. The summed E-state index contributed by atoms with van der Waals surface area (Å²) in [5, 5.41) is 5.94. The molecule has 2 heterocycles. The zero-order valence-electron chi connectivity index (χ0n) is 12.4. The van der Waals surface area contributed by atoms with Gasteiger partial charge in [0.05, 0.1) is 16.8 Å². The highest BCUT2D eigenvalue weighted by molar-refractivity contribution is 5.83. The minimum atomic E-state index is -4.49. The van der Waals surface area contributed by atoms with Crippen LogP contribution < -0.4 is 10.6 Å². The van der Waals surface area contributed by atoms with Gasteiger partial charge in [-0.2, -0.15) is 13.2 Å². The van der Waals surface area contributed by atoms with E-state index in [2.05, 4.69) is 15.6 Å². The molecular formula is C15H18F3N3O. The van der Waals surface area contributed by atoms with Crippen LogP contribution in [0.25, 0.3) is 0 Å². The van der Waals surface area contributed by atoms with Gasteiger partial charge in [-0.25, -0.2) is 0 Å². The van der Waals surface area contributed by atoms with Gasteiger partial charge in [0.15, 0.2) is 0 Å². The largest absolute Gasteiger partial charge is 0.418 e. The van der Waals surface area contributed by atoms with Gasteiger partial charge in [-0.3, -0.25) is 9.78 Å². The summed E-state index contributed by atoms with van der Waals surface area (Å²) in [5.41, 5.74) is -2.13. The molecular weight excluding hydrogens is 295 g/mol. The molecule has 1 amide bonds. The molecule has 1 unspecified atom stereocenters. The monoisotopic (exact) mass is 313 g/mol. The molecule has 4 nitrogen and oxygen atoms in total. The van der Waals surface area contributed by atoms with E-state index in [0.29, 0.717) is 11.8 Å². The van der Waals surface area contributed by atoms with Gasteiger partial charge in [-0.05, 0) is 50.9 Å². The van der Waals surface area contributed by atoms with Crippen molar-refractivity contribution in [3.05, 3.63) is 29.6 Å². The Labute approximate surface area is 126 Å². The number of rotatable bonds is 3. The predicted octanol–water partition coefficient (Wildman–Crippen LogP) is 1.92. The van der Waals surface area contributed by atoms with E-state index in [1.165, 1.54) is 12.3 Å². The third-order valence-corrected chi connectivity index (χ3v) is 4.54. The van der Waals surface area contributed by atoms with E-state index in [-0.39, 0.29) is 17.5 Å². The molecule has 1 aliphatic heterocycles. The highest BCUT2D eigenvalue weighted by Gasteiger charge is 2.57. The minimum absolute atomic E-state index is 0.0847. The first-order valence-corrected chi connectivity index (χ1v) is 7.27. The Morgan fingerprint density at radius 3 is 2.55 bits per heavy atom. The number of carbonyl (C=O) groups excluding carboxylic acids is 1. The molecule has 0 bridgehead atoms. The first-order valence-electron chi connectivity index (χ1n) is 7.27. The smallest absolute Gasteiger partial charge is 0.345 e. The lowest BCUT2D eigenvalue weighted by Gasteiger charge is -2.28. The molecule has 3 atom stereocenters. The average Bonchev–Trinajstić information content (AvgIpc) is 2.92. The zero-order valence-corrected chi connectivity index (χ0v) is 12.4. The van der Waals surface area contributed by atoms with Crippen LogP contribution in [0.1, 0.15) is 25.1 Å². The fraction of sp³-hybridized carbons (Fsp3) is 0.600. The minimum Gasteiger partial charge on any atom is -0.345 e. The molecule has 2 N–H and O–H groups in total. The standard InChI is InChI=1S/C15H18F3N3O/c1-14(2,12-10(15(16,17)18)4-3-5-20-12)21-13(22)11-8-6-19-7-9(8)11/h3-5,8-9,11,19H,6-7H2,1-2H3,(H,21,22)/t8-,9+,11?. The van der Waals surface area contributed by atoms with Crippen LogP contribution in [-0.4, -0.2) is 24.0 Å². The Hall–Kier alpha value is -1.63. The molecule has 7 heteroatoms. The van der Waals surface area contributed by atoms with Crippen molar-refractivity contribution < 1.29 is 18.0 Å². The lowest BCUT2D eigenvalue weighted by atomic mass is 9.94. The second-order valence-electron chi connectivity index (χ2n) is 6.52. The summed E-state index contributed by atoms with van der Waals surface area (Å²) in [6, 6.07) is 2.24. The fourth-order valence-corrected chi connectivity index (χ4v) is 3.39.